The van der Waals surface area contributed by atoms with Crippen molar-refractivity contribution in [2.75, 3.05) is 20.8 Å². The molecule has 3 rings (SSSR count). The summed E-state index contributed by atoms with van der Waals surface area (Å²) >= 11 is 0. The van der Waals surface area contributed by atoms with E-state index in [4.69, 9.17) is 9.47 Å². The van der Waals surface area contributed by atoms with E-state index >= 15 is 0 Å². The largest absolute Gasteiger partial charge is 0.493 e. The predicted octanol–water partition coefficient (Wildman–Crippen LogP) is 1.78. The number of carbonyl (C=O) groups excluding carboxylic acids is 1. The molecule has 0 unspecified atom stereocenters. The zero-order valence-corrected chi connectivity index (χ0v) is 14.0. The maximum atomic E-state index is 12.6. The summed E-state index contributed by atoms with van der Waals surface area (Å²) in [6.45, 7) is 0.431. The van der Waals surface area contributed by atoms with Crippen molar-refractivity contribution in [2.24, 2.45) is 0 Å². The maximum absolute atomic E-state index is 12.6. The molecule has 1 amide bonds. The zero-order valence-electron chi connectivity index (χ0n) is 14.0. The van der Waals surface area contributed by atoms with Crippen molar-refractivity contribution in [1.82, 2.24) is 15.1 Å². The number of likely N-dealkylation sites (tertiary alicyclic amines) is 1. The molecule has 8 heteroatoms. The summed E-state index contributed by atoms with van der Waals surface area (Å²) in [6, 6.07) is 6.16. The highest BCUT2D eigenvalue weighted by Crippen LogP contribution is 2.32. The van der Waals surface area contributed by atoms with E-state index in [0.29, 0.717) is 36.6 Å². The van der Waals surface area contributed by atoms with Crippen LogP contribution in [0.3, 0.4) is 0 Å². The van der Waals surface area contributed by atoms with Crippen LogP contribution in [0.5, 0.6) is 11.5 Å². The molecule has 2 heterocycles. The van der Waals surface area contributed by atoms with Gasteiger partial charge in [-0.15, -0.1) is 0 Å². The van der Waals surface area contributed by atoms with Crippen molar-refractivity contribution in [1.29, 1.82) is 0 Å². The Morgan fingerprint density at radius 3 is 2.68 bits per heavy atom. The first-order valence-corrected chi connectivity index (χ1v) is 7.86. The van der Waals surface area contributed by atoms with E-state index in [1.165, 1.54) is 4.90 Å². The number of rotatable bonds is 5. The number of carbonyl (C=O) groups is 2. The van der Waals surface area contributed by atoms with Gasteiger partial charge in [-0.25, -0.2) is 4.79 Å². The fraction of sp³-hybridized carbons (Fsp3) is 0.353. The third kappa shape index (κ3) is 3.15. The van der Waals surface area contributed by atoms with E-state index in [1.807, 2.05) is 6.07 Å². The van der Waals surface area contributed by atoms with Gasteiger partial charge in [0.2, 0.25) is 0 Å². The number of aromatic amines is 1. The number of hydrogen-bond donors (Lipinski definition) is 2. The molecule has 0 radical (unpaired) electrons. The molecule has 0 aliphatic carbocycles. The first kappa shape index (κ1) is 16.8. The summed E-state index contributed by atoms with van der Waals surface area (Å²) in [5.74, 6) is -0.185. The summed E-state index contributed by atoms with van der Waals surface area (Å²) < 4.78 is 10.5. The van der Waals surface area contributed by atoms with Crippen LogP contribution in [0.25, 0.3) is 11.3 Å². The fourth-order valence-electron chi connectivity index (χ4n) is 3.00. The molecule has 1 atom stereocenters. The van der Waals surface area contributed by atoms with Gasteiger partial charge in [-0.1, -0.05) is 0 Å². The van der Waals surface area contributed by atoms with Gasteiger partial charge >= 0.3 is 5.97 Å². The van der Waals surface area contributed by atoms with E-state index in [2.05, 4.69) is 10.2 Å². The molecule has 8 nitrogen and oxygen atoms in total. The third-order valence-corrected chi connectivity index (χ3v) is 4.29. The maximum Gasteiger partial charge on any atom is 0.326 e. The molecule has 1 aliphatic heterocycles. The van der Waals surface area contributed by atoms with E-state index in [-0.39, 0.29) is 11.6 Å². The number of nitrogens with zero attached hydrogens (tertiary/aromatic N) is 2. The SMILES string of the molecule is COc1ccc(-c2cc(C(=O)N3CCC[C@H]3C(=O)O)[nH]n2)cc1OC. The molecule has 25 heavy (non-hydrogen) atoms. The van der Waals surface area contributed by atoms with Crippen molar-refractivity contribution >= 4 is 11.9 Å². The van der Waals surface area contributed by atoms with Crippen molar-refractivity contribution < 1.29 is 24.2 Å². The van der Waals surface area contributed by atoms with Gasteiger partial charge in [0.1, 0.15) is 11.7 Å². The smallest absolute Gasteiger partial charge is 0.326 e. The number of ether oxygens (including phenoxy) is 2. The summed E-state index contributed by atoms with van der Waals surface area (Å²) in [4.78, 5) is 25.2. The quantitative estimate of drug-likeness (QED) is 0.856. The Morgan fingerprint density at radius 1 is 1.24 bits per heavy atom. The molecular formula is C17H19N3O5. The van der Waals surface area contributed by atoms with Crippen molar-refractivity contribution in [3.8, 4) is 22.8 Å². The van der Waals surface area contributed by atoms with Gasteiger partial charge in [0.05, 0.1) is 19.9 Å². The number of aromatic nitrogens is 2. The minimum atomic E-state index is -0.981. The number of H-pyrrole nitrogens is 1. The lowest BCUT2D eigenvalue weighted by molar-refractivity contribution is -0.141. The molecule has 1 aromatic carbocycles. The highest BCUT2D eigenvalue weighted by Gasteiger charge is 2.35. The minimum Gasteiger partial charge on any atom is -0.493 e. The predicted molar refractivity (Wildman–Crippen MR) is 88.8 cm³/mol. The minimum absolute atomic E-state index is 0.262. The molecule has 0 bridgehead atoms. The van der Waals surface area contributed by atoms with E-state index in [0.717, 1.165) is 5.56 Å². The van der Waals surface area contributed by atoms with Gasteiger partial charge in [0.15, 0.2) is 11.5 Å². The summed E-state index contributed by atoms with van der Waals surface area (Å²) in [6.07, 6.45) is 1.15. The van der Waals surface area contributed by atoms with E-state index in [1.54, 1.807) is 32.4 Å². The second kappa shape index (κ2) is 6.84. The van der Waals surface area contributed by atoms with Gasteiger partial charge in [-0.2, -0.15) is 5.10 Å². The Bertz CT molecular complexity index is 801. The molecule has 2 N–H and O–H groups in total. The normalized spacial score (nSPS) is 16.7. The lowest BCUT2D eigenvalue weighted by Gasteiger charge is -2.20. The topological polar surface area (TPSA) is 105 Å². The fourth-order valence-corrected chi connectivity index (χ4v) is 3.00. The summed E-state index contributed by atoms with van der Waals surface area (Å²) in [7, 11) is 3.10. The lowest BCUT2D eigenvalue weighted by atomic mass is 10.1. The number of carboxylic acid groups (broad SMARTS) is 1. The van der Waals surface area contributed by atoms with Crippen LogP contribution >= 0.6 is 0 Å². The lowest BCUT2D eigenvalue weighted by Crippen LogP contribution is -2.40. The molecule has 0 spiro atoms. The number of nitrogens with one attached hydrogen (secondary N) is 1. The third-order valence-electron chi connectivity index (χ3n) is 4.29. The second-order valence-corrected chi connectivity index (χ2v) is 5.73. The van der Waals surface area contributed by atoms with Gasteiger partial charge in [0, 0.05) is 12.1 Å². The number of carboxylic acids is 1. The van der Waals surface area contributed by atoms with E-state index in [9.17, 15) is 14.7 Å². The van der Waals surface area contributed by atoms with Crippen molar-refractivity contribution in [3.63, 3.8) is 0 Å². The van der Waals surface area contributed by atoms with Gasteiger partial charge < -0.3 is 19.5 Å². The monoisotopic (exact) mass is 345 g/mol. The van der Waals surface area contributed by atoms with Gasteiger partial charge in [-0.3, -0.25) is 9.89 Å². The average molecular weight is 345 g/mol. The molecular weight excluding hydrogens is 326 g/mol. The summed E-state index contributed by atoms with van der Waals surface area (Å²) in [5, 5.41) is 16.1. The molecule has 1 aromatic heterocycles. The van der Waals surface area contributed by atoms with Crippen LogP contribution in [-0.2, 0) is 4.79 Å². The van der Waals surface area contributed by atoms with Gasteiger partial charge in [0.25, 0.3) is 5.91 Å². The van der Waals surface area contributed by atoms with Crippen LogP contribution in [-0.4, -0.2) is 58.9 Å². The number of amides is 1. The van der Waals surface area contributed by atoms with Crippen LogP contribution in [0.15, 0.2) is 24.3 Å². The Kier molecular flexibility index (Phi) is 4.60. The Morgan fingerprint density at radius 2 is 2.00 bits per heavy atom. The zero-order chi connectivity index (χ0) is 18.0. The molecule has 1 saturated heterocycles. The van der Waals surface area contributed by atoms with Gasteiger partial charge in [-0.05, 0) is 37.1 Å². The van der Waals surface area contributed by atoms with Crippen LogP contribution in [0.1, 0.15) is 23.3 Å². The van der Waals surface area contributed by atoms with Crippen molar-refractivity contribution in [3.05, 3.63) is 30.0 Å². The molecule has 132 valence electrons. The van der Waals surface area contributed by atoms with Crippen LogP contribution < -0.4 is 9.47 Å². The number of aliphatic carboxylic acids is 1. The van der Waals surface area contributed by atoms with Crippen LogP contribution in [0.4, 0.5) is 0 Å². The van der Waals surface area contributed by atoms with E-state index < -0.39 is 12.0 Å². The summed E-state index contributed by atoms with van der Waals surface area (Å²) in [5.41, 5.74) is 1.58. The standard InChI is InChI=1S/C17H19N3O5/c1-24-14-6-5-10(8-15(14)25-2)11-9-12(19-18-11)16(21)20-7-3-4-13(20)17(22)23/h5-6,8-9,13H,3-4,7H2,1-2H3,(H,18,19)(H,22,23)/t13-/m0/s1. The average Bonchev–Trinajstić information content (AvgIpc) is 3.30. The molecule has 1 aliphatic rings. The molecule has 0 saturated carbocycles. The first-order valence-electron chi connectivity index (χ1n) is 7.86. The van der Waals surface area contributed by atoms with Crippen molar-refractivity contribution in [2.45, 2.75) is 18.9 Å². The highest BCUT2D eigenvalue weighted by atomic mass is 16.5. The van der Waals surface area contributed by atoms with Crippen LogP contribution in [0, 0.1) is 0 Å². The Hall–Kier alpha value is -3.03. The molecule has 2 aromatic rings. The number of hydrogen-bond acceptors (Lipinski definition) is 5. The molecule has 1 fully saturated rings. The highest BCUT2D eigenvalue weighted by molar-refractivity contribution is 5.96. The number of benzene rings is 1. The Balaban J connectivity index is 1.85. The second-order valence-electron chi connectivity index (χ2n) is 5.73. The first-order chi connectivity index (χ1) is 12.0. The number of methoxy groups -OCH3 is 2. The Labute approximate surface area is 144 Å². The van der Waals surface area contributed by atoms with Crippen LogP contribution in [0.2, 0.25) is 0 Å².